The van der Waals surface area contributed by atoms with Gasteiger partial charge < -0.3 is 24.8 Å². The third kappa shape index (κ3) is 5.07. The number of carbonyl (C=O) groups is 3. The SMILES string of the molecule is COc1ccc(CN2C(=O)C(C)=C(C)C2OCC(=O)Nc2ccc(C(=O)O)cn2)cc1. The number of aromatic carboxylic acids is 1. The van der Waals surface area contributed by atoms with Gasteiger partial charge in [0.2, 0.25) is 0 Å². The average Bonchev–Trinajstić information content (AvgIpc) is 2.96. The standard InChI is InChI=1S/C22H23N3O6/c1-13-14(2)21(25(20(13)27)11-15-4-7-17(30-3)8-5-15)31-12-19(26)24-18-9-6-16(10-23-18)22(28)29/h4-10,21H,11-12H2,1-3H3,(H,28,29)(H,23,24,26). The summed E-state index contributed by atoms with van der Waals surface area (Å²) >= 11 is 0. The summed E-state index contributed by atoms with van der Waals surface area (Å²) in [6, 6.07) is 10.1. The lowest BCUT2D eigenvalue weighted by atomic mass is 10.2. The van der Waals surface area contributed by atoms with Crippen LogP contribution in [0, 0.1) is 0 Å². The average molecular weight is 425 g/mol. The van der Waals surface area contributed by atoms with Gasteiger partial charge in [0.05, 0.1) is 12.7 Å². The van der Waals surface area contributed by atoms with Gasteiger partial charge in [0.15, 0.2) is 6.23 Å². The quantitative estimate of drug-likeness (QED) is 0.667. The van der Waals surface area contributed by atoms with Gasteiger partial charge in [-0.25, -0.2) is 9.78 Å². The van der Waals surface area contributed by atoms with Crippen LogP contribution >= 0.6 is 0 Å². The van der Waals surface area contributed by atoms with Crippen LogP contribution in [0.4, 0.5) is 5.82 Å². The number of carboxylic acid groups (broad SMARTS) is 1. The molecule has 9 heteroatoms. The summed E-state index contributed by atoms with van der Waals surface area (Å²) in [6.07, 6.45) is 0.490. The highest BCUT2D eigenvalue weighted by Gasteiger charge is 2.35. The van der Waals surface area contributed by atoms with Crippen LogP contribution in [0.25, 0.3) is 0 Å². The minimum atomic E-state index is -1.10. The van der Waals surface area contributed by atoms with Crippen molar-refractivity contribution in [1.29, 1.82) is 0 Å². The monoisotopic (exact) mass is 425 g/mol. The van der Waals surface area contributed by atoms with Crippen molar-refractivity contribution in [2.45, 2.75) is 26.6 Å². The van der Waals surface area contributed by atoms with Crippen LogP contribution in [0.5, 0.6) is 5.75 Å². The molecule has 0 bridgehead atoms. The third-order valence-electron chi connectivity index (χ3n) is 4.99. The van der Waals surface area contributed by atoms with Gasteiger partial charge in [-0.05, 0) is 49.2 Å². The smallest absolute Gasteiger partial charge is 0.337 e. The summed E-state index contributed by atoms with van der Waals surface area (Å²) in [4.78, 5) is 41.3. The Morgan fingerprint density at radius 1 is 1.16 bits per heavy atom. The number of carbonyl (C=O) groups excluding carboxylic acids is 2. The summed E-state index contributed by atoms with van der Waals surface area (Å²) < 4.78 is 10.9. The van der Waals surface area contributed by atoms with E-state index in [1.165, 1.54) is 12.1 Å². The molecule has 2 heterocycles. The van der Waals surface area contributed by atoms with E-state index in [0.717, 1.165) is 23.1 Å². The number of ether oxygens (including phenoxy) is 2. The number of amides is 2. The van der Waals surface area contributed by atoms with Crippen molar-refractivity contribution in [3.05, 3.63) is 64.9 Å². The molecular weight excluding hydrogens is 402 g/mol. The number of pyridine rings is 1. The zero-order valence-electron chi connectivity index (χ0n) is 17.4. The number of aromatic nitrogens is 1. The molecule has 0 saturated heterocycles. The molecule has 2 aromatic rings. The zero-order valence-corrected chi connectivity index (χ0v) is 17.4. The number of methoxy groups -OCH3 is 1. The van der Waals surface area contributed by atoms with Crippen LogP contribution in [0.1, 0.15) is 29.8 Å². The van der Waals surface area contributed by atoms with Crippen LogP contribution < -0.4 is 10.1 Å². The maximum absolute atomic E-state index is 12.7. The molecule has 0 aliphatic carbocycles. The molecule has 2 N–H and O–H groups in total. The molecule has 2 amide bonds. The molecule has 9 nitrogen and oxygen atoms in total. The summed E-state index contributed by atoms with van der Waals surface area (Å²) in [5.74, 6) is -0.792. The minimum absolute atomic E-state index is 0.0177. The van der Waals surface area contributed by atoms with Crippen molar-refractivity contribution in [3.63, 3.8) is 0 Å². The number of anilines is 1. The van der Waals surface area contributed by atoms with Gasteiger partial charge >= 0.3 is 5.97 Å². The third-order valence-corrected chi connectivity index (χ3v) is 4.99. The van der Waals surface area contributed by atoms with Crippen molar-refractivity contribution < 1.29 is 29.0 Å². The van der Waals surface area contributed by atoms with Crippen molar-refractivity contribution in [2.75, 3.05) is 19.0 Å². The molecule has 1 atom stereocenters. The fourth-order valence-electron chi connectivity index (χ4n) is 3.13. The predicted octanol–water partition coefficient (Wildman–Crippen LogP) is 2.45. The van der Waals surface area contributed by atoms with Crippen LogP contribution in [-0.2, 0) is 20.9 Å². The number of rotatable bonds is 8. The van der Waals surface area contributed by atoms with Crippen LogP contribution in [0.2, 0.25) is 0 Å². The first kappa shape index (κ1) is 22.0. The lowest BCUT2D eigenvalue weighted by molar-refractivity contribution is -0.140. The van der Waals surface area contributed by atoms with Crippen LogP contribution in [-0.4, -0.2) is 52.7 Å². The first-order chi connectivity index (χ1) is 14.8. The van der Waals surface area contributed by atoms with Crippen molar-refractivity contribution in [3.8, 4) is 5.75 Å². The molecule has 1 aliphatic heterocycles. The van der Waals surface area contributed by atoms with Gasteiger partial charge in [-0.1, -0.05) is 12.1 Å². The maximum Gasteiger partial charge on any atom is 0.337 e. The normalized spacial score (nSPS) is 15.9. The van der Waals surface area contributed by atoms with Gasteiger partial charge in [0.1, 0.15) is 18.2 Å². The van der Waals surface area contributed by atoms with Crippen molar-refractivity contribution in [2.24, 2.45) is 0 Å². The Balaban J connectivity index is 1.63. The lowest BCUT2D eigenvalue weighted by Gasteiger charge is -2.26. The molecule has 31 heavy (non-hydrogen) atoms. The van der Waals surface area contributed by atoms with Crippen LogP contribution in [0.3, 0.4) is 0 Å². The van der Waals surface area contributed by atoms with E-state index in [-0.39, 0.29) is 23.9 Å². The molecule has 3 rings (SSSR count). The lowest BCUT2D eigenvalue weighted by Crippen LogP contribution is -2.38. The molecule has 0 radical (unpaired) electrons. The Labute approximate surface area is 179 Å². The molecule has 0 spiro atoms. The summed E-state index contributed by atoms with van der Waals surface area (Å²) in [6.45, 7) is 3.55. The van der Waals surface area contributed by atoms with E-state index in [2.05, 4.69) is 10.3 Å². The van der Waals surface area contributed by atoms with E-state index in [1.54, 1.807) is 25.9 Å². The minimum Gasteiger partial charge on any atom is -0.497 e. The first-order valence-electron chi connectivity index (χ1n) is 9.52. The van der Waals surface area contributed by atoms with Gasteiger partial charge in [-0.3, -0.25) is 9.59 Å². The molecule has 1 aromatic carbocycles. The van der Waals surface area contributed by atoms with E-state index in [1.807, 2.05) is 24.3 Å². The number of nitrogens with one attached hydrogen (secondary N) is 1. The molecule has 1 aromatic heterocycles. The first-order valence-corrected chi connectivity index (χ1v) is 9.52. The summed E-state index contributed by atoms with van der Waals surface area (Å²) in [5, 5.41) is 11.4. The number of carboxylic acids is 1. The number of benzene rings is 1. The second-order valence-corrected chi connectivity index (χ2v) is 7.04. The van der Waals surface area contributed by atoms with Gasteiger partial charge in [-0.15, -0.1) is 0 Å². The highest BCUT2D eigenvalue weighted by atomic mass is 16.5. The molecule has 0 saturated carbocycles. The van der Waals surface area contributed by atoms with Gasteiger partial charge in [-0.2, -0.15) is 0 Å². The van der Waals surface area contributed by atoms with Gasteiger partial charge in [0, 0.05) is 18.3 Å². The highest BCUT2D eigenvalue weighted by Crippen LogP contribution is 2.28. The Bertz CT molecular complexity index is 1010. The fourth-order valence-corrected chi connectivity index (χ4v) is 3.13. The second-order valence-electron chi connectivity index (χ2n) is 7.04. The van der Waals surface area contributed by atoms with E-state index in [9.17, 15) is 14.4 Å². The molecule has 1 aliphatic rings. The number of hydrogen-bond donors (Lipinski definition) is 2. The van der Waals surface area contributed by atoms with E-state index < -0.39 is 18.1 Å². The fraction of sp³-hybridized carbons (Fsp3) is 0.273. The second kappa shape index (κ2) is 9.40. The Morgan fingerprint density at radius 3 is 2.45 bits per heavy atom. The van der Waals surface area contributed by atoms with Crippen LogP contribution in [0.15, 0.2) is 53.7 Å². The maximum atomic E-state index is 12.7. The van der Waals surface area contributed by atoms with Crippen molar-refractivity contribution >= 4 is 23.6 Å². The zero-order chi connectivity index (χ0) is 22.5. The number of nitrogens with zero attached hydrogens (tertiary/aromatic N) is 2. The molecule has 162 valence electrons. The van der Waals surface area contributed by atoms with E-state index >= 15 is 0 Å². The predicted molar refractivity (Wildman–Crippen MR) is 111 cm³/mol. The molecule has 0 fully saturated rings. The topological polar surface area (TPSA) is 118 Å². The molecule has 1 unspecified atom stereocenters. The van der Waals surface area contributed by atoms with E-state index in [0.29, 0.717) is 12.1 Å². The Hall–Kier alpha value is -3.72. The molecular formula is C22H23N3O6. The summed E-state index contributed by atoms with van der Waals surface area (Å²) in [7, 11) is 1.58. The highest BCUT2D eigenvalue weighted by molar-refractivity contribution is 5.97. The largest absolute Gasteiger partial charge is 0.497 e. The van der Waals surface area contributed by atoms with Crippen molar-refractivity contribution in [1.82, 2.24) is 9.88 Å². The van der Waals surface area contributed by atoms with Gasteiger partial charge in [0.25, 0.3) is 11.8 Å². The number of hydrogen-bond acceptors (Lipinski definition) is 6. The Morgan fingerprint density at radius 2 is 1.87 bits per heavy atom. The van der Waals surface area contributed by atoms with E-state index in [4.69, 9.17) is 14.6 Å². The summed E-state index contributed by atoms with van der Waals surface area (Å²) in [5.41, 5.74) is 2.25. The Kier molecular flexibility index (Phi) is 6.66.